The van der Waals surface area contributed by atoms with E-state index in [2.05, 4.69) is 26.5 Å². The molecule has 4 aromatic rings. The fourth-order valence-electron chi connectivity index (χ4n) is 6.00. The molecule has 2 fully saturated rings. The molecule has 188 valence electrons. The van der Waals surface area contributed by atoms with Gasteiger partial charge in [0.25, 0.3) is 0 Å². The molecule has 2 atom stereocenters. The van der Waals surface area contributed by atoms with Crippen LogP contribution in [0.2, 0.25) is 0 Å². The number of nitrogens with zero attached hydrogens (tertiary/aromatic N) is 5. The average Bonchev–Trinajstić information content (AvgIpc) is 3.47. The Bertz CT molecular complexity index is 1590. The van der Waals surface area contributed by atoms with Crippen molar-refractivity contribution in [1.82, 2.24) is 14.5 Å². The summed E-state index contributed by atoms with van der Waals surface area (Å²) in [7, 11) is 0. The number of nitriles is 1. The summed E-state index contributed by atoms with van der Waals surface area (Å²) in [5.41, 5.74) is 5.81. The maximum absolute atomic E-state index is 13.0. The second kappa shape index (κ2) is 9.68. The summed E-state index contributed by atoms with van der Waals surface area (Å²) in [6.07, 6.45) is 5.40. The molecule has 0 N–H and O–H groups in total. The minimum atomic E-state index is -0.456. The van der Waals surface area contributed by atoms with E-state index in [-0.39, 0.29) is 6.09 Å². The van der Waals surface area contributed by atoms with Crippen LogP contribution in [0.4, 0.5) is 10.5 Å². The summed E-state index contributed by atoms with van der Waals surface area (Å²) in [4.78, 5) is 22.9. The van der Waals surface area contributed by atoms with Crippen molar-refractivity contribution in [2.24, 2.45) is 5.92 Å². The molecule has 1 saturated carbocycles. The number of rotatable bonds is 5. The normalized spacial score (nSPS) is 20.8. The Balaban J connectivity index is 1.15. The van der Waals surface area contributed by atoms with Gasteiger partial charge in [-0.2, -0.15) is 5.26 Å². The summed E-state index contributed by atoms with van der Waals surface area (Å²) < 4.78 is 8.22. The largest absolute Gasteiger partial charge is 0.441 e. The molecule has 1 spiro atoms. The third kappa shape index (κ3) is 4.60. The minimum absolute atomic E-state index is 0.246. The highest BCUT2D eigenvalue weighted by Crippen LogP contribution is 2.41. The predicted octanol–water partition coefficient (Wildman–Crippen LogP) is 6.71. The van der Waals surface area contributed by atoms with Crippen LogP contribution in [0.3, 0.4) is 0 Å². The summed E-state index contributed by atoms with van der Waals surface area (Å²) in [5, 5.41) is 9.06. The van der Waals surface area contributed by atoms with Gasteiger partial charge in [0, 0.05) is 13.1 Å². The SMILES string of the molecule is [C-]#[N+]c1ccc2ncn(C[C@H]3CCC[C@]4(C3)CN(Cc3cccc(-c5ccc(C#N)cc5)c3)C(=O)O4)c2c1. The maximum atomic E-state index is 13.0. The van der Waals surface area contributed by atoms with Crippen molar-refractivity contribution in [3.63, 3.8) is 0 Å². The molecule has 6 rings (SSSR count). The zero-order chi connectivity index (χ0) is 26.1. The van der Waals surface area contributed by atoms with Crippen molar-refractivity contribution >= 4 is 22.8 Å². The lowest BCUT2D eigenvalue weighted by Gasteiger charge is -2.36. The van der Waals surface area contributed by atoms with E-state index in [1.807, 2.05) is 65.8 Å². The number of imidazole rings is 1. The topological polar surface area (TPSA) is 75.5 Å². The fourth-order valence-corrected chi connectivity index (χ4v) is 6.00. The second-order valence-corrected chi connectivity index (χ2v) is 10.4. The Morgan fingerprint density at radius 1 is 1.13 bits per heavy atom. The molecule has 2 heterocycles. The van der Waals surface area contributed by atoms with Gasteiger partial charge < -0.3 is 9.30 Å². The highest BCUT2D eigenvalue weighted by Gasteiger charge is 2.47. The number of carbonyl (C=O) groups is 1. The van der Waals surface area contributed by atoms with Crippen LogP contribution in [0.1, 0.15) is 36.8 Å². The van der Waals surface area contributed by atoms with Gasteiger partial charge in [-0.3, -0.25) is 4.90 Å². The lowest BCUT2D eigenvalue weighted by molar-refractivity contribution is 0.00415. The molecule has 3 aromatic carbocycles. The van der Waals surface area contributed by atoms with Gasteiger partial charge in [0.15, 0.2) is 5.69 Å². The van der Waals surface area contributed by atoms with Gasteiger partial charge in [-0.05, 0) is 78.6 Å². The van der Waals surface area contributed by atoms with Crippen LogP contribution < -0.4 is 0 Å². The van der Waals surface area contributed by atoms with Gasteiger partial charge in [-0.15, -0.1) is 0 Å². The number of benzene rings is 3. The number of aromatic nitrogens is 2. The molecule has 1 aromatic heterocycles. The zero-order valence-electron chi connectivity index (χ0n) is 21.0. The molecular formula is C31H27N5O2. The van der Waals surface area contributed by atoms with E-state index in [9.17, 15) is 4.79 Å². The van der Waals surface area contributed by atoms with Gasteiger partial charge in [-0.25, -0.2) is 14.6 Å². The van der Waals surface area contributed by atoms with Crippen LogP contribution in [0.25, 0.3) is 27.0 Å². The molecule has 7 nitrogen and oxygen atoms in total. The maximum Gasteiger partial charge on any atom is 0.410 e. The van der Waals surface area contributed by atoms with Gasteiger partial charge in [0.1, 0.15) is 5.60 Å². The first-order valence-corrected chi connectivity index (χ1v) is 12.9. The second-order valence-electron chi connectivity index (χ2n) is 10.4. The molecule has 0 unspecified atom stereocenters. The highest BCUT2D eigenvalue weighted by atomic mass is 16.6. The Kier molecular flexibility index (Phi) is 6.05. The van der Waals surface area contributed by atoms with Crippen molar-refractivity contribution in [2.75, 3.05) is 6.54 Å². The lowest BCUT2D eigenvalue weighted by Crippen LogP contribution is -2.40. The molecule has 1 amide bonds. The highest BCUT2D eigenvalue weighted by molar-refractivity contribution is 5.79. The van der Waals surface area contributed by atoms with Crippen LogP contribution in [-0.2, 0) is 17.8 Å². The third-order valence-corrected chi connectivity index (χ3v) is 7.78. The molecule has 1 aliphatic carbocycles. The Labute approximate surface area is 221 Å². The summed E-state index contributed by atoms with van der Waals surface area (Å²) in [6.45, 7) is 9.21. The number of fused-ring (bicyclic) bond motifs is 1. The number of amides is 1. The number of hydrogen-bond donors (Lipinski definition) is 0. The van der Waals surface area contributed by atoms with Gasteiger partial charge in [0.05, 0.1) is 42.1 Å². The monoisotopic (exact) mass is 501 g/mol. The van der Waals surface area contributed by atoms with Crippen LogP contribution in [0, 0.1) is 23.8 Å². The van der Waals surface area contributed by atoms with Crippen LogP contribution in [-0.4, -0.2) is 32.7 Å². The first kappa shape index (κ1) is 23.8. The molecule has 2 aliphatic rings. The van der Waals surface area contributed by atoms with Crippen molar-refractivity contribution in [1.29, 1.82) is 5.26 Å². The number of ether oxygens (including phenoxy) is 1. The number of carbonyl (C=O) groups excluding carboxylic acids is 1. The number of hydrogen-bond acceptors (Lipinski definition) is 4. The van der Waals surface area contributed by atoms with E-state index < -0.39 is 5.60 Å². The quantitative estimate of drug-likeness (QED) is 0.285. The molecule has 1 aliphatic heterocycles. The Morgan fingerprint density at radius 3 is 2.82 bits per heavy atom. The summed E-state index contributed by atoms with van der Waals surface area (Å²) in [6, 6.07) is 23.5. The van der Waals surface area contributed by atoms with Crippen molar-refractivity contribution in [3.8, 4) is 17.2 Å². The summed E-state index contributed by atoms with van der Waals surface area (Å²) >= 11 is 0. The van der Waals surface area contributed by atoms with Crippen LogP contribution in [0.5, 0.6) is 0 Å². The average molecular weight is 502 g/mol. The Hall–Kier alpha value is -4.62. The minimum Gasteiger partial charge on any atom is -0.441 e. The molecule has 0 radical (unpaired) electrons. The van der Waals surface area contributed by atoms with Crippen LogP contribution >= 0.6 is 0 Å². The first-order chi connectivity index (χ1) is 18.5. The molecule has 1 saturated heterocycles. The molecule has 38 heavy (non-hydrogen) atoms. The zero-order valence-corrected chi connectivity index (χ0v) is 21.0. The van der Waals surface area contributed by atoms with Gasteiger partial charge >= 0.3 is 6.09 Å². The molecule has 7 heteroatoms. The van der Waals surface area contributed by atoms with E-state index in [0.717, 1.165) is 60.0 Å². The van der Waals surface area contributed by atoms with Crippen molar-refractivity contribution in [2.45, 2.75) is 44.4 Å². The van der Waals surface area contributed by atoms with Crippen molar-refractivity contribution in [3.05, 3.63) is 95.6 Å². The van der Waals surface area contributed by atoms with E-state index in [1.165, 1.54) is 0 Å². The van der Waals surface area contributed by atoms with E-state index in [0.29, 0.717) is 30.3 Å². The van der Waals surface area contributed by atoms with E-state index in [4.69, 9.17) is 16.6 Å². The van der Waals surface area contributed by atoms with E-state index >= 15 is 0 Å². The smallest absolute Gasteiger partial charge is 0.410 e. The molecular weight excluding hydrogens is 474 g/mol. The lowest BCUT2D eigenvalue weighted by atomic mass is 9.78. The van der Waals surface area contributed by atoms with Gasteiger partial charge in [-0.1, -0.05) is 36.4 Å². The van der Waals surface area contributed by atoms with Crippen LogP contribution in [0.15, 0.2) is 73.1 Å². The van der Waals surface area contributed by atoms with Gasteiger partial charge in [0.2, 0.25) is 0 Å². The molecule has 0 bridgehead atoms. The predicted molar refractivity (Wildman–Crippen MR) is 144 cm³/mol. The standard InChI is InChI=1S/C31H27N5O2/c1-33-27-11-12-28-29(15-27)36(21-34-28)19-24-5-3-13-31(16-24)20-35(30(37)38-31)18-23-4-2-6-26(14-23)25-9-7-22(17-32)8-10-25/h2,4,6-12,14-15,21,24H,3,5,13,16,18-20H2/t24-,31-/m0/s1. The van der Waals surface area contributed by atoms with Crippen molar-refractivity contribution < 1.29 is 9.53 Å². The Morgan fingerprint density at radius 2 is 2.00 bits per heavy atom. The fraction of sp³-hybridized carbons (Fsp3) is 0.290. The first-order valence-electron chi connectivity index (χ1n) is 12.9. The van der Waals surface area contributed by atoms with E-state index in [1.54, 1.807) is 6.07 Å². The summed E-state index contributed by atoms with van der Waals surface area (Å²) in [5.74, 6) is 0.366. The third-order valence-electron chi connectivity index (χ3n) is 7.78.